The SMILES string of the molecule is CCNC1(c2nc(CC)c(C)s2)CCCN(C)CC1. The summed E-state index contributed by atoms with van der Waals surface area (Å²) >= 11 is 1.90. The molecule has 0 radical (unpaired) electrons. The van der Waals surface area contributed by atoms with Crippen LogP contribution in [0.5, 0.6) is 0 Å². The molecule has 1 aliphatic rings. The maximum absolute atomic E-state index is 4.95. The Bertz CT molecular complexity index is 416. The van der Waals surface area contributed by atoms with Crippen molar-refractivity contribution in [3.8, 4) is 0 Å². The average molecular weight is 281 g/mol. The van der Waals surface area contributed by atoms with Gasteiger partial charge in [0.2, 0.25) is 0 Å². The molecule has 0 saturated carbocycles. The lowest BCUT2D eigenvalue weighted by Crippen LogP contribution is -2.43. The first-order chi connectivity index (χ1) is 9.11. The predicted molar refractivity (Wildman–Crippen MR) is 82.9 cm³/mol. The molecule has 0 aliphatic carbocycles. The van der Waals surface area contributed by atoms with Gasteiger partial charge in [0.15, 0.2) is 0 Å². The summed E-state index contributed by atoms with van der Waals surface area (Å²) in [5, 5.41) is 5.08. The summed E-state index contributed by atoms with van der Waals surface area (Å²) in [6.45, 7) is 10.0. The lowest BCUT2D eigenvalue weighted by Gasteiger charge is -2.31. The minimum atomic E-state index is 0.113. The number of thiazole rings is 1. The van der Waals surface area contributed by atoms with E-state index in [2.05, 4.69) is 38.0 Å². The molecule has 1 fully saturated rings. The number of aromatic nitrogens is 1. The smallest absolute Gasteiger partial charge is 0.113 e. The average Bonchev–Trinajstić information content (AvgIpc) is 2.67. The van der Waals surface area contributed by atoms with Gasteiger partial charge in [0.25, 0.3) is 0 Å². The van der Waals surface area contributed by atoms with Crippen LogP contribution in [0.25, 0.3) is 0 Å². The van der Waals surface area contributed by atoms with Crippen molar-refractivity contribution in [3.05, 3.63) is 15.6 Å². The first-order valence-corrected chi connectivity index (χ1v) is 8.33. The second-order valence-electron chi connectivity index (χ2n) is 5.64. The van der Waals surface area contributed by atoms with Crippen molar-refractivity contribution in [2.75, 3.05) is 26.7 Å². The third-order valence-corrected chi connectivity index (χ3v) is 5.43. The minimum Gasteiger partial charge on any atom is -0.306 e. The summed E-state index contributed by atoms with van der Waals surface area (Å²) < 4.78 is 0. The summed E-state index contributed by atoms with van der Waals surface area (Å²) in [5.74, 6) is 0. The van der Waals surface area contributed by atoms with Gasteiger partial charge in [-0.25, -0.2) is 4.98 Å². The zero-order valence-corrected chi connectivity index (χ0v) is 13.6. The van der Waals surface area contributed by atoms with Gasteiger partial charge in [-0.3, -0.25) is 0 Å². The molecule has 0 bridgehead atoms. The van der Waals surface area contributed by atoms with E-state index < -0.39 is 0 Å². The highest BCUT2D eigenvalue weighted by Gasteiger charge is 2.36. The first-order valence-electron chi connectivity index (χ1n) is 7.51. The van der Waals surface area contributed by atoms with E-state index in [0.717, 1.165) is 19.5 Å². The predicted octanol–water partition coefficient (Wildman–Crippen LogP) is 2.93. The third kappa shape index (κ3) is 3.18. The molecule has 1 unspecified atom stereocenters. The molecule has 1 aromatic rings. The van der Waals surface area contributed by atoms with E-state index in [4.69, 9.17) is 4.98 Å². The van der Waals surface area contributed by atoms with Crippen molar-refractivity contribution in [2.24, 2.45) is 0 Å². The lowest BCUT2D eigenvalue weighted by atomic mass is 9.91. The number of likely N-dealkylation sites (tertiary alicyclic amines) is 1. The molecule has 108 valence electrons. The fourth-order valence-corrected chi connectivity index (χ4v) is 4.26. The number of nitrogens with one attached hydrogen (secondary N) is 1. The van der Waals surface area contributed by atoms with E-state index in [9.17, 15) is 0 Å². The van der Waals surface area contributed by atoms with Crippen molar-refractivity contribution in [1.29, 1.82) is 0 Å². The molecule has 0 spiro atoms. The van der Waals surface area contributed by atoms with Crippen LogP contribution in [0.15, 0.2) is 0 Å². The lowest BCUT2D eigenvalue weighted by molar-refractivity contribution is 0.284. The largest absolute Gasteiger partial charge is 0.306 e. The number of rotatable bonds is 4. The summed E-state index contributed by atoms with van der Waals surface area (Å²) in [5.41, 5.74) is 1.40. The maximum Gasteiger partial charge on any atom is 0.113 e. The normalized spacial score (nSPS) is 25.5. The quantitative estimate of drug-likeness (QED) is 0.920. The van der Waals surface area contributed by atoms with Crippen LogP contribution in [-0.4, -0.2) is 36.6 Å². The van der Waals surface area contributed by atoms with Gasteiger partial charge in [-0.1, -0.05) is 13.8 Å². The number of hydrogen-bond acceptors (Lipinski definition) is 4. The highest BCUT2D eigenvalue weighted by atomic mass is 32.1. The van der Waals surface area contributed by atoms with E-state index >= 15 is 0 Å². The Morgan fingerprint density at radius 1 is 1.32 bits per heavy atom. The molecule has 2 heterocycles. The summed E-state index contributed by atoms with van der Waals surface area (Å²) in [6, 6.07) is 0. The van der Waals surface area contributed by atoms with E-state index in [1.165, 1.54) is 41.4 Å². The van der Waals surface area contributed by atoms with Crippen molar-refractivity contribution in [2.45, 2.75) is 52.0 Å². The number of hydrogen-bond donors (Lipinski definition) is 1. The Morgan fingerprint density at radius 2 is 2.11 bits per heavy atom. The Hall–Kier alpha value is -0.450. The van der Waals surface area contributed by atoms with Crippen LogP contribution >= 0.6 is 11.3 Å². The van der Waals surface area contributed by atoms with Crippen LogP contribution in [0.4, 0.5) is 0 Å². The van der Waals surface area contributed by atoms with Gasteiger partial charge in [-0.2, -0.15) is 0 Å². The maximum atomic E-state index is 4.95. The standard InChI is InChI=1S/C15H27N3S/c1-5-13-12(3)19-14(17-13)15(16-6-2)8-7-10-18(4)11-9-15/h16H,5-11H2,1-4H3. The van der Waals surface area contributed by atoms with Crippen molar-refractivity contribution in [1.82, 2.24) is 15.2 Å². The van der Waals surface area contributed by atoms with E-state index in [1.54, 1.807) is 0 Å². The number of nitrogens with zero attached hydrogens (tertiary/aromatic N) is 2. The molecule has 3 nitrogen and oxygen atoms in total. The molecule has 4 heteroatoms. The number of aryl methyl sites for hydroxylation is 2. The molecule has 1 aliphatic heterocycles. The topological polar surface area (TPSA) is 28.2 Å². The van der Waals surface area contributed by atoms with Crippen molar-refractivity contribution in [3.63, 3.8) is 0 Å². The molecular formula is C15H27N3S. The molecule has 1 N–H and O–H groups in total. The molecular weight excluding hydrogens is 254 g/mol. The zero-order chi connectivity index (χ0) is 13.9. The molecule has 19 heavy (non-hydrogen) atoms. The third-order valence-electron chi connectivity index (χ3n) is 4.22. The monoisotopic (exact) mass is 281 g/mol. The van der Waals surface area contributed by atoms with Gasteiger partial charge in [0.1, 0.15) is 5.01 Å². The highest BCUT2D eigenvalue weighted by Crippen LogP contribution is 2.36. The minimum absolute atomic E-state index is 0.113. The van der Waals surface area contributed by atoms with Crippen LogP contribution < -0.4 is 5.32 Å². The molecule has 0 aromatic carbocycles. The molecule has 1 aromatic heterocycles. The summed E-state index contributed by atoms with van der Waals surface area (Å²) in [7, 11) is 2.23. The van der Waals surface area contributed by atoms with Crippen molar-refractivity contribution < 1.29 is 0 Å². The Balaban J connectivity index is 2.31. The molecule has 1 atom stereocenters. The molecule has 0 amide bonds. The van der Waals surface area contributed by atoms with Crippen LogP contribution in [0.2, 0.25) is 0 Å². The molecule has 1 saturated heterocycles. The highest BCUT2D eigenvalue weighted by molar-refractivity contribution is 7.11. The summed E-state index contributed by atoms with van der Waals surface area (Å²) in [6.07, 6.45) is 4.68. The van der Waals surface area contributed by atoms with Crippen LogP contribution in [0.1, 0.15) is 48.7 Å². The Kier molecular flexibility index (Phi) is 4.98. The van der Waals surface area contributed by atoms with Crippen LogP contribution in [-0.2, 0) is 12.0 Å². The van der Waals surface area contributed by atoms with Crippen LogP contribution in [0, 0.1) is 6.92 Å². The van der Waals surface area contributed by atoms with E-state index in [1.807, 2.05) is 11.3 Å². The van der Waals surface area contributed by atoms with Gasteiger partial charge in [0.05, 0.1) is 11.2 Å². The van der Waals surface area contributed by atoms with Gasteiger partial charge in [-0.05, 0) is 52.7 Å². The van der Waals surface area contributed by atoms with Crippen LogP contribution in [0.3, 0.4) is 0 Å². The second kappa shape index (κ2) is 6.33. The fraction of sp³-hybridized carbons (Fsp3) is 0.800. The fourth-order valence-electron chi connectivity index (χ4n) is 3.03. The van der Waals surface area contributed by atoms with Crippen molar-refractivity contribution >= 4 is 11.3 Å². The van der Waals surface area contributed by atoms with E-state index in [0.29, 0.717) is 0 Å². The van der Waals surface area contributed by atoms with Gasteiger partial charge in [0, 0.05) is 11.4 Å². The van der Waals surface area contributed by atoms with Gasteiger partial charge >= 0.3 is 0 Å². The second-order valence-corrected chi connectivity index (χ2v) is 6.85. The summed E-state index contributed by atoms with van der Waals surface area (Å²) in [4.78, 5) is 8.79. The van der Waals surface area contributed by atoms with Gasteiger partial charge < -0.3 is 10.2 Å². The Labute approximate surface area is 121 Å². The first kappa shape index (κ1) is 14.9. The Morgan fingerprint density at radius 3 is 2.74 bits per heavy atom. The van der Waals surface area contributed by atoms with Gasteiger partial charge in [-0.15, -0.1) is 11.3 Å². The zero-order valence-electron chi connectivity index (χ0n) is 12.8. The molecule has 2 rings (SSSR count). The van der Waals surface area contributed by atoms with E-state index in [-0.39, 0.29) is 5.54 Å².